The first kappa shape index (κ1) is 18.5. The molecule has 2 fully saturated rings. The monoisotopic (exact) mass is 359 g/mol. The highest BCUT2D eigenvalue weighted by Gasteiger charge is 2.29. The lowest BCUT2D eigenvalue weighted by molar-refractivity contribution is -0.121. The van der Waals surface area contributed by atoms with Gasteiger partial charge in [0.25, 0.3) is 0 Å². The Bertz CT molecular complexity index is 656. The fourth-order valence-corrected chi connectivity index (χ4v) is 3.77. The van der Waals surface area contributed by atoms with Gasteiger partial charge < -0.3 is 19.9 Å². The number of ether oxygens (including phenoxy) is 1. The second-order valence-corrected chi connectivity index (χ2v) is 7.17. The maximum atomic E-state index is 12.7. The molecule has 1 aromatic rings. The number of carbonyl (C=O) groups excluding carboxylic acids is 2. The minimum atomic E-state index is -0.323. The van der Waals surface area contributed by atoms with Crippen molar-refractivity contribution in [3.8, 4) is 0 Å². The van der Waals surface area contributed by atoms with Crippen LogP contribution in [-0.4, -0.2) is 49.7 Å². The molecule has 0 radical (unpaired) electrons. The number of rotatable bonds is 4. The molecule has 0 spiro atoms. The Morgan fingerprint density at radius 2 is 1.96 bits per heavy atom. The highest BCUT2D eigenvalue weighted by Crippen LogP contribution is 2.26. The highest BCUT2D eigenvalue weighted by molar-refractivity contribution is 5.94. The average molecular weight is 359 g/mol. The molecule has 142 valence electrons. The van der Waals surface area contributed by atoms with Crippen LogP contribution in [0.3, 0.4) is 0 Å². The van der Waals surface area contributed by atoms with E-state index < -0.39 is 0 Å². The van der Waals surface area contributed by atoms with Gasteiger partial charge in [-0.1, -0.05) is 0 Å². The number of hydrogen-bond donors (Lipinski definition) is 1. The van der Waals surface area contributed by atoms with Crippen LogP contribution < -0.4 is 10.2 Å². The van der Waals surface area contributed by atoms with Crippen LogP contribution in [0.1, 0.15) is 38.2 Å². The van der Waals surface area contributed by atoms with Crippen molar-refractivity contribution in [1.29, 1.82) is 0 Å². The maximum Gasteiger partial charge on any atom is 0.409 e. The Morgan fingerprint density at radius 3 is 2.65 bits per heavy atom. The van der Waals surface area contributed by atoms with Crippen LogP contribution in [0.4, 0.5) is 16.2 Å². The van der Waals surface area contributed by atoms with E-state index in [0.29, 0.717) is 19.7 Å². The van der Waals surface area contributed by atoms with Crippen LogP contribution in [0.25, 0.3) is 0 Å². The number of piperidine rings is 1. The minimum absolute atomic E-state index is 0.0176. The van der Waals surface area contributed by atoms with E-state index in [0.717, 1.165) is 37.2 Å². The first-order valence-electron chi connectivity index (χ1n) is 9.66. The topological polar surface area (TPSA) is 61.9 Å². The molecule has 0 unspecified atom stereocenters. The van der Waals surface area contributed by atoms with Crippen LogP contribution in [0, 0.1) is 12.8 Å². The summed E-state index contributed by atoms with van der Waals surface area (Å²) in [6, 6.07) is 6.22. The van der Waals surface area contributed by atoms with Crippen molar-refractivity contribution in [3.05, 3.63) is 23.8 Å². The first-order chi connectivity index (χ1) is 12.6. The van der Waals surface area contributed by atoms with Gasteiger partial charge in [-0.3, -0.25) is 4.79 Å². The summed E-state index contributed by atoms with van der Waals surface area (Å²) in [4.78, 5) is 28.6. The van der Waals surface area contributed by atoms with Crippen LogP contribution in [0.5, 0.6) is 0 Å². The van der Waals surface area contributed by atoms with Crippen molar-refractivity contribution < 1.29 is 14.3 Å². The van der Waals surface area contributed by atoms with E-state index in [4.69, 9.17) is 4.74 Å². The van der Waals surface area contributed by atoms with Crippen molar-refractivity contribution in [2.75, 3.05) is 43.0 Å². The summed E-state index contributed by atoms with van der Waals surface area (Å²) in [5.41, 5.74) is 3.15. The lowest BCUT2D eigenvalue weighted by atomic mass is 9.97. The van der Waals surface area contributed by atoms with Crippen molar-refractivity contribution in [2.45, 2.75) is 39.5 Å². The van der Waals surface area contributed by atoms with Gasteiger partial charge in [0.1, 0.15) is 0 Å². The lowest BCUT2D eigenvalue weighted by Gasteiger charge is -2.31. The number of carbonyl (C=O) groups is 2. The molecule has 1 N–H and O–H groups in total. The van der Waals surface area contributed by atoms with Gasteiger partial charge in [-0.25, -0.2) is 4.79 Å². The fraction of sp³-hybridized carbons (Fsp3) is 0.600. The standard InChI is InChI=1S/C20H29N3O3/c1-3-26-20(25)23-12-6-7-16(14-23)19(24)21-18-9-8-17(13-15(18)2)22-10-4-5-11-22/h8-9,13,16H,3-7,10-12,14H2,1-2H3,(H,21,24)/t16-/m1/s1. The molecule has 2 heterocycles. The summed E-state index contributed by atoms with van der Waals surface area (Å²) in [5, 5.41) is 3.05. The summed E-state index contributed by atoms with van der Waals surface area (Å²) in [6.07, 6.45) is 3.79. The predicted octanol–water partition coefficient (Wildman–Crippen LogP) is 3.40. The molecule has 6 nitrogen and oxygen atoms in total. The number of likely N-dealkylation sites (tertiary alicyclic amines) is 1. The van der Waals surface area contributed by atoms with Crippen LogP contribution in [-0.2, 0) is 9.53 Å². The van der Waals surface area contributed by atoms with Gasteiger partial charge in [0.05, 0.1) is 12.5 Å². The second kappa shape index (κ2) is 8.43. The number of nitrogens with zero attached hydrogens (tertiary/aromatic N) is 2. The van der Waals surface area contributed by atoms with Crippen molar-refractivity contribution in [3.63, 3.8) is 0 Å². The molecule has 2 saturated heterocycles. The minimum Gasteiger partial charge on any atom is -0.450 e. The summed E-state index contributed by atoms with van der Waals surface area (Å²) < 4.78 is 5.06. The van der Waals surface area contributed by atoms with E-state index in [1.165, 1.54) is 18.5 Å². The predicted molar refractivity (Wildman–Crippen MR) is 103 cm³/mol. The normalized spacial score (nSPS) is 20.2. The molecule has 1 aromatic carbocycles. The summed E-state index contributed by atoms with van der Waals surface area (Å²) in [7, 11) is 0. The third-order valence-electron chi connectivity index (χ3n) is 5.26. The summed E-state index contributed by atoms with van der Waals surface area (Å²) in [5.74, 6) is -0.207. The molecule has 0 aliphatic carbocycles. The Balaban J connectivity index is 1.61. The van der Waals surface area contributed by atoms with Crippen LogP contribution in [0.2, 0.25) is 0 Å². The molecular formula is C20H29N3O3. The smallest absolute Gasteiger partial charge is 0.409 e. The molecule has 2 amide bonds. The van der Waals surface area contributed by atoms with Crippen LogP contribution in [0.15, 0.2) is 18.2 Å². The summed E-state index contributed by atoms with van der Waals surface area (Å²) in [6.45, 7) is 7.48. The molecule has 6 heteroatoms. The largest absolute Gasteiger partial charge is 0.450 e. The van der Waals surface area contributed by atoms with Gasteiger partial charge in [0, 0.05) is 37.6 Å². The Morgan fingerprint density at radius 1 is 1.19 bits per heavy atom. The van der Waals surface area contributed by atoms with Gasteiger partial charge >= 0.3 is 6.09 Å². The molecule has 26 heavy (non-hydrogen) atoms. The molecule has 0 bridgehead atoms. The number of amides is 2. The Labute approximate surface area is 155 Å². The number of hydrogen-bond acceptors (Lipinski definition) is 4. The van der Waals surface area contributed by atoms with E-state index in [-0.39, 0.29) is 17.9 Å². The van der Waals surface area contributed by atoms with E-state index in [2.05, 4.69) is 22.3 Å². The molecule has 2 aliphatic rings. The molecule has 2 aliphatic heterocycles. The SMILES string of the molecule is CCOC(=O)N1CCC[C@@H](C(=O)Nc2ccc(N3CCCC3)cc2C)C1. The van der Waals surface area contributed by atoms with E-state index in [1.54, 1.807) is 11.8 Å². The highest BCUT2D eigenvalue weighted by atomic mass is 16.6. The fourth-order valence-electron chi connectivity index (χ4n) is 3.77. The molecule has 3 rings (SSSR count). The average Bonchev–Trinajstić information content (AvgIpc) is 3.18. The Kier molecular flexibility index (Phi) is 6.01. The zero-order valence-corrected chi connectivity index (χ0v) is 15.8. The Hall–Kier alpha value is -2.24. The van der Waals surface area contributed by atoms with Crippen molar-refractivity contribution >= 4 is 23.4 Å². The van der Waals surface area contributed by atoms with Gasteiger partial charge in [-0.2, -0.15) is 0 Å². The molecule has 0 saturated carbocycles. The number of aryl methyl sites for hydroxylation is 1. The lowest BCUT2D eigenvalue weighted by Crippen LogP contribution is -2.44. The number of nitrogens with one attached hydrogen (secondary N) is 1. The van der Waals surface area contributed by atoms with E-state index in [1.807, 2.05) is 13.0 Å². The molecule has 0 aromatic heterocycles. The van der Waals surface area contributed by atoms with E-state index >= 15 is 0 Å². The first-order valence-corrected chi connectivity index (χ1v) is 9.66. The molecular weight excluding hydrogens is 330 g/mol. The number of benzene rings is 1. The quantitative estimate of drug-likeness (QED) is 0.895. The zero-order chi connectivity index (χ0) is 18.5. The zero-order valence-electron chi connectivity index (χ0n) is 15.8. The maximum absolute atomic E-state index is 12.7. The van der Waals surface area contributed by atoms with Crippen molar-refractivity contribution in [2.24, 2.45) is 5.92 Å². The third-order valence-corrected chi connectivity index (χ3v) is 5.26. The summed E-state index contributed by atoms with van der Waals surface area (Å²) >= 11 is 0. The number of anilines is 2. The molecule has 1 atom stereocenters. The van der Waals surface area contributed by atoms with Gasteiger partial charge in [0.2, 0.25) is 5.91 Å². The van der Waals surface area contributed by atoms with Gasteiger partial charge in [-0.15, -0.1) is 0 Å². The van der Waals surface area contributed by atoms with Gasteiger partial charge in [-0.05, 0) is 63.3 Å². The third kappa shape index (κ3) is 4.29. The van der Waals surface area contributed by atoms with Crippen LogP contribution >= 0.6 is 0 Å². The van der Waals surface area contributed by atoms with E-state index in [9.17, 15) is 9.59 Å². The second-order valence-electron chi connectivity index (χ2n) is 7.17. The van der Waals surface area contributed by atoms with Gasteiger partial charge in [0.15, 0.2) is 0 Å². The van der Waals surface area contributed by atoms with Crippen molar-refractivity contribution in [1.82, 2.24) is 4.90 Å².